The monoisotopic (exact) mass is 438 g/mol. The maximum Gasteiger partial charge on any atom is 0.266 e. The van der Waals surface area contributed by atoms with Crippen molar-refractivity contribution >= 4 is 34.0 Å². The summed E-state index contributed by atoms with van der Waals surface area (Å²) in [5.41, 5.74) is 1.97. The van der Waals surface area contributed by atoms with Crippen molar-refractivity contribution in [1.82, 2.24) is 0 Å². The predicted molar refractivity (Wildman–Crippen MR) is 123 cm³/mol. The summed E-state index contributed by atoms with van der Waals surface area (Å²) in [4.78, 5) is 34.7. The van der Waals surface area contributed by atoms with E-state index in [4.69, 9.17) is 4.84 Å². The minimum atomic E-state index is -0.966. The number of carbonyl (C=O) groups excluding carboxylic acids is 2. The minimum Gasteiger partial charge on any atom is -0.273 e. The molecule has 5 nitrogen and oxygen atoms in total. The van der Waals surface area contributed by atoms with E-state index < -0.39 is 24.0 Å². The van der Waals surface area contributed by atoms with Crippen LogP contribution in [0.2, 0.25) is 0 Å². The number of imide groups is 1. The first-order valence-corrected chi connectivity index (χ1v) is 10.8. The fourth-order valence-electron chi connectivity index (χ4n) is 4.85. The van der Waals surface area contributed by atoms with Gasteiger partial charge in [-0.1, -0.05) is 66.7 Å². The molecule has 0 N–H and O–H groups in total. The number of anilines is 2. The Bertz CT molecular complexity index is 1370. The minimum absolute atomic E-state index is 0.325. The number of fused-ring (bicyclic) bond motifs is 2. The maximum atomic E-state index is 13.8. The first kappa shape index (κ1) is 19.6. The van der Waals surface area contributed by atoms with Crippen LogP contribution < -0.4 is 9.96 Å². The van der Waals surface area contributed by atoms with Crippen LogP contribution in [-0.4, -0.2) is 17.9 Å². The lowest BCUT2D eigenvalue weighted by atomic mass is 9.90. The number of hydrogen-bond acceptors (Lipinski definition) is 4. The van der Waals surface area contributed by atoms with Crippen molar-refractivity contribution in [1.29, 1.82) is 0 Å². The average Bonchev–Trinajstić information content (AvgIpc) is 3.36. The first-order chi connectivity index (χ1) is 16.1. The van der Waals surface area contributed by atoms with Crippen molar-refractivity contribution in [2.45, 2.75) is 12.1 Å². The van der Waals surface area contributed by atoms with Gasteiger partial charge in [-0.25, -0.2) is 14.4 Å². The molecule has 2 aliphatic rings. The molecule has 0 radical (unpaired) electrons. The van der Waals surface area contributed by atoms with E-state index in [1.54, 1.807) is 23.3 Å². The lowest BCUT2D eigenvalue weighted by Gasteiger charge is -2.29. The molecule has 162 valence electrons. The molecule has 33 heavy (non-hydrogen) atoms. The smallest absolute Gasteiger partial charge is 0.266 e. The second-order valence-corrected chi connectivity index (χ2v) is 8.22. The van der Waals surface area contributed by atoms with Crippen LogP contribution in [0.5, 0.6) is 0 Å². The van der Waals surface area contributed by atoms with Crippen molar-refractivity contribution in [3.63, 3.8) is 0 Å². The molecule has 2 heterocycles. The topological polar surface area (TPSA) is 49.9 Å². The van der Waals surface area contributed by atoms with Gasteiger partial charge in [-0.15, -0.1) is 0 Å². The zero-order valence-corrected chi connectivity index (χ0v) is 17.5. The third kappa shape index (κ3) is 3.02. The van der Waals surface area contributed by atoms with Crippen molar-refractivity contribution in [2.24, 2.45) is 5.92 Å². The Hall–Kier alpha value is -4.03. The van der Waals surface area contributed by atoms with Gasteiger partial charge < -0.3 is 0 Å². The molecule has 2 amide bonds. The number of rotatable bonds is 3. The highest BCUT2D eigenvalue weighted by atomic mass is 19.1. The Kier molecular flexibility index (Phi) is 4.48. The van der Waals surface area contributed by atoms with Crippen molar-refractivity contribution < 1.29 is 18.8 Å². The van der Waals surface area contributed by atoms with Gasteiger partial charge in [0.25, 0.3) is 5.91 Å². The normalized spacial score (nSPS) is 22.3. The number of halogens is 1. The van der Waals surface area contributed by atoms with Crippen molar-refractivity contribution in [3.05, 3.63) is 108 Å². The van der Waals surface area contributed by atoms with E-state index in [0.29, 0.717) is 11.3 Å². The number of hydrogen-bond donors (Lipinski definition) is 0. The Balaban J connectivity index is 1.46. The van der Waals surface area contributed by atoms with Crippen LogP contribution in [-0.2, 0) is 14.4 Å². The van der Waals surface area contributed by atoms with Gasteiger partial charge in [0, 0.05) is 5.39 Å². The molecule has 0 saturated carbocycles. The summed E-state index contributed by atoms with van der Waals surface area (Å²) in [6.45, 7) is 0. The summed E-state index contributed by atoms with van der Waals surface area (Å²) >= 11 is 0. The third-order valence-electron chi connectivity index (χ3n) is 6.35. The predicted octanol–water partition coefficient (Wildman–Crippen LogP) is 5.03. The van der Waals surface area contributed by atoms with Gasteiger partial charge in [0.05, 0.1) is 17.4 Å². The van der Waals surface area contributed by atoms with Gasteiger partial charge >= 0.3 is 0 Å². The van der Waals surface area contributed by atoms with Crippen LogP contribution in [0, 0.1) is 11.7 Å². The molecule has 4 aromatic rings. The summed E-state index contributed by atoms with van der Waals surface area (Å²) in [7, 11) is 0. The third-order valence-corrected chi connectivity index (χ3v) is 6.35. The largest absolute Gasteiger partial charge is 0.273 e. The molecule has 0 bridgehead atoms. The average molecular weight is 438 g/mol. The van der Waals surface area contributed by atoms with Crippen molar-refractivity contribution in [2.75, 3.05) is 9.96 Å². The number of benzene rings is 4. The fraction of sp³-hybridized carbons (Fsp3) is 0.111. The second-order valence-electron chi connectivity index (χ2n) is 8.22. The summed E-state index contributed by atoms with van der Waals surface area (Å²) in [6.07, 6.45) is -0.966. The SMILES string of the molecule is O=C1[C@H]2[C@@H](ON(c3ccccc3)[C@H]2c2ccc(F)cc2)C(=O)N1c1cccc2ccccc12. The van der Waals surface area contributed by atoms with Gasteiger partial charge in [0.15, 0.2) is 6.10 Å². The number of amides is 2. The van der Waals surface area contributed by atoms with Gasteiger partial charge in [0.2, 0.25) is 5.91 Å². The van der Waals surface area contributed by atoms with Crippen LogP contribution in [0.3, 0.4) is 0 Å². The highest BCUT2D eigenvalue weighted by Crippen LogP contribution is 2.48. The molecule has 4 aromatic carbocycles. The Morgan fingerprint density at radius 2 is 1.42 bits per heavy atom. The molecule has 2 fully saturated rings. The van der Waals surface area contributed by atoms with Crippen LogP contribution in [0.15, 0.2) is 97.1 Å². The Labute approximate surface area is 189 Å². The molecule has 0 aliphatic carbocycles. The lowest BCUT2D eigenvalue weighted by Crippen LogP contribution is -2.37. The van der Waals surface area contributed by atoms with Gasteiger partial charge in [-0.2, -0.15) is 0 Å². The fourth-order valence-corrected chi connectivity index (χ4v) is 4.85. The van der Waals surface area contributed by atoms with Crippen LogP contribution in [0.1, 0.15) is 11.6 Å². The summed E-state index contributed by atoms with van der Waals surface area (Å²) < 4.78 is 13.7. The van der Waals surface area contributed by atoms with Crippen LogP contribution in [0.4, 0.5) is 15.8 Å². The van der Waals surface area contributed by atoms with E-state index in [9.17, 15) is 14.0 Å². The molecule has 0 spiro atoms. The van der Waals surface area contributed by atoms with Crippen LogP contribution in [0.25, 0.3) is 10.8 Å². The molecular weight excluding hydrogens is 419 g/mol. The number of carbonyl (C=O) groups is 2. The van der Waals surface area contributed by atoms with E-state index in [-0.39, 0.29) is 11.7 Å². The van der Waals surface area contributed by atoms with E-state index in [1.165, 1.54) is 17.0 Å². The Morgan fingerprint density at radius 3 is 2.21 bits per heavy atom. The van der Waals surface area contributed by atoms with Crippen LogP contribution >= 0.6 is 0 Å². The maximum absolute atomic E-state index is 13.8. The quantitative estimate of drug-likeness (QED) is 0.421. The molecule has 6 rings (SSSR count). The van der Waals surface area contributed by atoms with E-state index >= 15 is 0 Å². The highest BCUT2D eigenvalue weighted by Gasteiger charge is 2.60. The van der Waals surface area contributed by atoms with Gasteiger partial charge in [-0.05, 0) is 41.3 Å². The highest BCUT2D eigenvalue weighted by molar-refractivity contribution is 6.26. The zero-order chi connectivity index (χ0) is 22.5. The number of nitrogens with zero attached hydrogens (tertiary/aromatic N) is 2. The van der Waals surface area contributed by atoms with Gasteiger partial charge in [-0.3, -0.25) is 14.4 Å². The molecule has 3 atom stereocenters. The van der Waals surface area contributed by atoms with Crippen molar-refractivity contribution in [3.8, 4) is 0 Å². The van der Waals surface area contributed by atoms with E-state index in [0.717, 1.165) is 16.5 Å². The second kappa shape index (κ2) is 7.53. The molecule has 0 unspecified atom stereocenters. The lowest BCUT2D eigenvalue weighted by molar-refractivity contribution is -0.126. The summed E-state index contributed by atoms with van der Waals surface area (Å²) in [5.74, 6) is -1.85. The molecule has 2 aliphatic heterocycles. The number of para-hydroxylation sites is 1. The Morgan fingerprint density at radius 1 is 0.727 bits per heavy atom. The summed E-state index contributed by atoms with van der Waals surface area (Å²) in [6, 6.07) is 27.9. The summed E-state index contributed by atoms with van der Waals surface area (Å²) in [5, 5.41) is 3.37. The van der Waals surface area contributed by atoms with E-state index in [1.807, 2.05) is 66.7 Å². The zero-order valence-electron chi connectivity index (χ0n) is 17.5. The number of hydroxylamine groups is 1. The van der Waals surface area contributed by atoms with Gasteiger partial charge in [0.1, 0.15) is 11.7 Å². The molecular formula is C27H19FN2O3. The molecule has 6 heteroatoms. The standard InChI is InChI=1S/C27H19FN2O3/c28-19-15-13-18(14-16-19)24-23-25(33-30(24)20-9-2-1-3-10-20)27(32)29(26(23)31)22-12-6-8-17-7-4-5-11-21(17)22/h1-16,23-25H/t23-,24+,25-/m1/s1. The molecule has 2 saturated heterocycles. The first-order valence-electron chi connectivity index (χ1n) is 10.8. The molecule has 0 aromatic heterocycles. The van der Waals surface area contributed by atoms with E-state index in [2.05, 4.69) is 0 Å².